The van der Waals surface area contributed by atoms with E-state index in [2.05, 4.69) is 16.0 Å². The minimum absolute atomic E-state index is 0.0769. The van der Waals surface area contributed by atoms with Crippen molar-refractivity contribution in [1.29, 1.82) is 0 Å². The Bertz CT molecular complexity index is 1430. The van der Waals surface area contributed by atoms with Gasteiger partial charge >= 0.3 is 19.4 Å². The Morgan fingerprint density at radius 2 is 2.03 bits per heavy atom. The first kappa shape index (κ1) is 28.8. The molecule has 1 unspecified atom stereocenters. The summed E-state index contributed by atoms with van der Waals surface area (Å²) >= 11 is 0. The molecule has 2 heterocycles. The van der Waals surface area contributed by atoms with Crippen LogP contribution in [0.1, 0.15) is 40.3 Å². The Labute approximate surface area is 225 Å². The highest BCUT2D eigenvalue weighted by Crippen LogP contribution is 2.70. The standard InChI is InChI=1S/C26H32N3O9P/c1-6-25-15-26(25,33)19(37-22(25)29-13-12-20(30)27-23(29)32)14-36-39(34,38-18-10-8-7-9-11-18)28-17(2)21(31)35-16-24(3,4)5/h1,7-13,17,19,22,33H,14-16H2,2-5H3,(H,28,34)(H,27,30,32)/t17-,19+,22+,25+,26+,39?/m0/s1. The molecule has 2 aliphatic rings. The van der Waals surface area contributed by atoms with Gasteiger partial charge in [-0.15, -0.1) is 6.42 Å². The van der Waals surface area contributed by atoms with E-state index in [0.29, 0.717) is 0 Å². The smallest absolute Gasteiger partial charge is 0.459 e. The first-order valence-corrected chi connectivity index (χ1v) is 13.9. The van der Waals surface area contributed by atoms with Gasteiger partial charge in [0.05, 0.1) is 13.2 Å². The molecule has 6 atom stereocenters. The molecule has 1 aliphatic carbocycles. The predicted octanol–water partition coefficient (Wildman–Crippen LogP) is 1.96. The van der Waals surface area contributed by atoms with Gasteiger partial charge in [-0.3, -0.25) is 23.7 Å². The molecule has 4 rings (SSSR count). The van der Waals surface area contributed by atoms with Crippen LogP contribution in [0.2, 0.25) is 0 Å². The maximum atomic E-state index is 13.8. The van der Waals surface area contributed by atoms with Crippen molar-refractivity contribution < 1.29 is 33.0 Å². The number of aromatic amines is 1. The Kier molecular flexibility index (Phi) is 7.69. The largest absolute Gasteiger partial charge is 0.464 e. The molecule has 1 aromatic carbocycles. The molecule has 0 bridgehead atoms. The average Bonchev–Trinajstić information content (AvgIpc) is 3.42. The quantitative estimate of drug-likeness (QED) is 0.222. The number of nitrogens with zero attached hydrogens (tertiary/aromatic N) is 1. The highest BCUT2D eigenvalue weighted by molar-refractivity contribution is 7.52. The number of benzene rings is 1. The summed E-state index contributed by atoms with van der Waals surface area (Å²) in [6, 6.07) is 8.25. The number of carbonyl (C=O) groups excluding carboxylic acids is 1. The Morgan fingerprint density at radius 1 is 1.33 bits per heavy atom. The van der Waals surface area contributed by atoms with E-state index in [1.165, 1.54) is 13.1 Å². The lowest BCUT2D eigenvalue weighted by atomic mass is 9.99. The van der Waals surface area contributed by atoms with Gasteiger partial charge in [-0.05, 0) is 24.5 Å². The van der Waals surface area contributed by atoms with E-state index in [0.717, 1.165) is 10.6 Å². The zero-order valence-electron chi connectivity index (χ0n) is 22.1. The van der Waals surface area contributed by atoms with Crippen LogP contribution in [0.5, 0.6) is 5.75 Å². The minimum Gasteiger partial charge on any atom is -0.464 e. The van der Waals surface area contributed by atoms with Gasteiger partial charge in [0.2, 0.25) is 0 Å². The van der Waals surface area contributed by atoms with Crippen molar-refractivity contribution in [3.05, 3.63) is 63.4 Å². The summed E-state index contributed by atoms with van der Waals surface area (Å²) in [4.78, 5) is 38.6. The summed E-state index contributed by atoms with van der Waals surface area (Å²) in [5.74, 6) is 2.07. The first-order valence-electron chi connectivity index (χ1n) is 12.3. The second-order valence-corrected chi connectivity index (χ2v) is 12.6. The number of terminal acetylenes is 1. The summed E-state index contributed by atoms with van der Waals surface area (Å²) in [7, 11) is -4.25. The molecule has 13 heteroatoms. The van der Waals surface area contributed by atoms with Crippen molar-refractivity contribution in [2.45, 2.75) is 58.1 Å². The van der Waals surface area contributed by atoms with E-state index < -0.39 is 61.0 Å². The third-order valence-electron chi connectivity index (χ3n) is 6.52. The van der Waals surface area contributed by atoms with Crippen LogP contribution < -0.4 is 20.9 Å². The summed E-state index contributed by atoms with van der Waals surface area (Å²) in [5, 5.41) is 13.9. The molecule has 0 spiro atoms. The van der Waals surface area contributed by atoms with Crippen molar-refractivity contribution in [2.24, 2.45) is 10.8 Å². The van der Waals surface area contributed by atoms with Gasteiger partial charge in [0.15, 0.2) is 6.23 Å². The fourth-order valence-electron chi connectivity index (χ4n) is 4.39. The van der Waals surface area contributed by atoms with Crippen molar-refractivity contribution in [3.8, 4) is 18.1 Å². The third kappa shape index (κ3) is 5.88. The number of hydrogen-bond donors (Lipinski definition) is 3. The average molecular weight is 562 g/mol. The first-order chi connectivity index (χ1) is 18.2. The van der Waals surface area contributed by atoms with E-state index in [1.54, 1.807) is 30.3 Å². The summed E-state index contributed by atoms with van der Waals surface area (Å²) in [6.45, 7) is 6.84. The van der Waals surface area contributed by atoms with Crippen LogP contribution in [0.3, 0.4) is 0 Å². The van der Waals surface area contributed by atoms with Gasteiger partial charge in [-0.25, -0.2) is 9.36 Å². The second-order valence-electron chi connectivity index (χ2n) is 10.9. The highest BCUT2D eigenvalue weighted by atomic mass is 31.2. The third-order valence-corrected chi connectivity index (χ3v) is 8.17. The molecular weight excluding hydrogens is 529 g/mol. The second kappa shape index (κ2) is 10.4. The Balaban J connectivity index is 1.53. The molecular formula is C26H32N3O9P. The predicted molar refractivity (Wildman–Crippen MR) is 140 cm³/mol. The molecule has 0 radical (unpaired) electrons. The number of aliphatic hydroxyl groups is 1. The van der Waals surface area contributed by atoms with Crippen LogP contribution in [0.4, 0.5) is 0 Å². The number of para-hydroxylation sites is 1. The zero-order valence-corrected chi connectivity index (χ0v) is 23.0. The number of H-pyrrole nitrogens is 1. The maximum absolute atomic E-state index is 13.8. The molecule has 1 aliphatic heterocycles. The summed E-state index contributed by atoms with van der Waals surface area (Å²) in [5.41, 5.74) is -4.51. The normalized spacial score (nSPS) is 28.0. The summed E-state index contributed by atoms with van der Waals surface area (Å²) < 4.78 is 37.5. The monoisotopic (exact) mass is 561 g/mol. The molecule has 12 nitrogen and oxygen atoms in total. The number of fused-ring (bicyclic) bond motifs is 1. The lowest BCUT2D eigenvalue weighted by molar-refractivity contribution is -0.148. The van der Waals surface area contributed by atoms with E-state index in [-0.39, 0.29) is 24.2 Å². The Hall–Kier alpha value is -3.20. The van der Waals surface area contributed by atoms with Crippen molar-refractivity contribution in [3.63, 3.8) is 0 Å². The molecule has 1 aromatic heterocycles. The van der Waals surface area contributed by atoms with Crippen LogP contribution in [-0.2, 0) is 23.4 Å². The van der Waals surface area contributed by atoms with E-state index in [9.17, 15) is 24.1 Å². The SMILES string of the molecule is C#C[C@]12C[C@@]1(O)[C@@H](COP(=O)(N[C@@H](C)C(=O)OCC(C)(C)C)Oc1ccccc1)O[C@H]2n1ccc(=O)[nH]c1=O. The molecule has 1 saturated carbocycles. The molecule has 3 N–H and O–H groups in total. The van der Waals surface area contributed by atoms with Gasteiger partial charge in [0, 0.05) is 18.7 Å². The van der Waals surface area contributed by atoms with Crippen LogP contribution >= 0.6 is 7.75 Å². The number of esters is 1. The van der Waals surface area contributed by atoms with Crippen molar-refractivity contribution >= 4 is 13.7 Å². The fraction of sp³-hybridized carbons (Fsp3) is 0.500. The Morgan fingerprint density at radius 3 is 2.64 bits per heavy atom. The lowest BCUT2D eigenvalue weighted by Gasteiger charge is -2.26. The van der Waals surface area contributed by atoms with Gasteiger partial charge < -0.3 is 19.1 Å². The molecule has 1 saturated heterocycles. The van der Waals surface area contributed by atoms with Gasteiger partial charge in [0.25, 0.3) is 5.56 Å². The maximum Gasteiger partial charge on any atom is 0.459 e. The molecule has 2 aromatic rings. The molecule has 210 valence electrons. The number of nitrogens with one attached hydrogen (secondary N) is 2. The molecule has 2 fully saturated rings. The van der Waals surface area contributed by atoms with Crippen LogP contribution in [-0.4, -0.2) is 51.6 Å². The van der Waals surface area contributed by atoms with E-state index >= 15 is 0 Å². The zero-order chi connectivity index (χ0) is 28.6. The number of carbonyl (C=O) groups is 1. The lowest BCUT2D eigenvalue weighted by Crippen LogP contribution is -2.38. The fourth-order valence-corrected chi connectivity index (χ4v) is 5.88. The summed E-state index contributed by atoms with van der Waals surface area (Å²) in [6.07, 6.45) is 4.82. The minimum atomic E-state index is -4.25. The van der Waals surface area contributed by atoms with Crippen LogP contribution in [0.25, 0.3) is 0 Å². The van der Waals surface area contributed by atoms with Crippen LogP contribution in [0.15, 0.2) is 52.2 Å². The van der Waals surface area contributed by atoms with Crippen molar-refractivity contribution in [2.75, 3.05) is 13.2 Å². The topological polar surface area (TPSA) is 158 Å². The van der Waals surface area contributed by atoms with Gasteiger partial charge in [-0.2, -0.15) is 5.09 Å². The highest BCUT2D eigenvalue weighted by Gasteiger charge is 2.80. The number of aromatic nitrogens is 2. The number of rotatable bonds is 10. The van der Waals surface area contributed by atoms with Gasteiger partial charge in [-0.1, -0.05) is 44.9 Å². The number of hydrogen-bond acceptors (Lipinski definition) is 9. The van der Waals surface area contributed by atoms with Gasteiger partial charge in [0.1, 0.15) is 28.9 Å². The van der Waals surface area contributed by atoms with Crippen molar-refractivity contribution in [1.82, 2.24) is 14.6 Å². The molecule has 39 heavy (non-hydrogen) atoms. The molecule has 0 amide bonds. The van der Waals surface area contributed by atoms with E-state index in [4.69, 9.17) is 24.9 Å². The van der Waals surface area contributed by atoms with Crippen LogP contribution in [0, 0.1) is 23.2 Å². The van der Waals surface area contributed by atoms with E-state index in [1.807, 2.05) is 20.8 Å². The number of ether oxygens (including phenoxy) is 2.